The molecule has 0 unspecified atom stereocenters. The normalized spacial score (nSPS) is 16.6. The van der Waals surface area contributed by atoms with Gasteiger partial charge in [-0.3, -0.25) is 4.79 Å². The molecule has 0 spiro atoms. The molecule has 1 saturated heterocycles. The molecule has 0 aromatic rings. The van der Waals surface area contributed by atoms with Gasteiger partial charge in [-0.15, -0.1) is 0 Å². The highest BCUT2D eigenvalue weighted by atomic mass is 28.4. The maximum absolute atomic E-state index is 11.7. The lowest BCUT2D eigenvalue weighted by Crippen LogP contribution is -2.39. The molecule has 0 N–H and O–H groups in total. The van der Waals surface area contributed by atoms with Gasteiger partial charge in [0.2, 0.25) is 8.32 Å². The molecule has 1 aliphatic heterocycles. The zero-order valence-electron chi connectivity index (χ0n) is 14.2. The number of rotatable bonds is 6. The Kier molecular flexibility index (Phi) is 6.41. The molecule has 1 rings (SSSR count). The molecule has 0 bridgehead atoms. The van der Waals surface area contributed by atoms with E-state index in [-0.39, 0.29) is 17.6 Å². The third-order valence-electron chi connectivity index (χ3n) is 4.05. The van der Waals surface area contributed by atoms with Gasteiger partial charge in [0.1, 0.15) is 6.61 Å². The van der Waals surface area contributed by atoms with E-state index in [0.29, 0.717) is 6.54 Å². The predicted molar refractivity (Wildman–Crippen MR) is 88.9 cm³/mol. The second-order valence-electron chi connectivity index (χ2n) is 6.83. The lowest BCUT2D eigenvalue weighted by Gasteiger charge is -2.34. The molecule has 22 heavy (non-hydrogen) atoms. The third kappa shape index (κ3) is 5.33. The van der Waals surface area contributed by atoms with Crippen molar-refractivity contribution in [1.29, 1.82) is 0 Å². The predicted octanol–water partition coefficient (Wildman–Crippen LogP) is 3.84. The van der Waals surface area contributed by atoms with Crippen LogP contribution < -0.4 is 0 Å². The van der Waals surface area contributed by atoms with Crippen LogP contribution in [0.25, 0.3) is 0 Å². The average Bonchev–Trinajstić information content (AvgIpc) is 2.82. The van der Waals surface area contributed by atoms with Gasteiger partial charge in [-0.1, -0.05) is 32.9 Å². The number of amides is 2. The lowest BCUT2D eigenvalue weighted by atomic mass is 10.2. The topological polar surface area (TPSA) is 55.8 Å². The number of hydrogen-bond acceptors (Lipinski definition) is 4. The fourth-order valence-electron chi connectivity index (χ4n) is 1.52. The van der Waals surface area contributed by atoms with Crippen LogP contribution in [0.15, 0.2) is 24.5 Å². The van der Waals surface area contributed by atoms with Crippen LogP contribution in [0.3, 0.4) is 0 Å². The van der Waals surface area contributed by atoms with E-state index in [4.69, 9.17) is 9.16 Å². The summed E-state index contributed by atoms with van der Waals surface area (Å²) in [5.41, 5.74) is 0. The van der Waals surface area contributed by atoms with Gasteiger partial charge >= 0.3 is 6.09 Å². The molecular weight excluding hydrogens is 298 g/mol. The summed E-state index contributed by atoms with van der Waals surface area (Å²) in [6, 6.07) is 0. The maximum Gasteiger partial charge on any atom is 0.416 e. The first kappa shape index (κ1) is 18.5. The fourth-order valence-corrected chi connectivity index (χ4v) is 2.31. The molecule has 0 atom stereocenters. The number of nitrogens with zero attached hydrogens (tertiary/aromatic N) is 1. The van der Waals surface area contributed by atoms with Crippen LogP contribution in [0.2, 0.25) is 18.1 Å². The number of carbonyl (C=O) groups excluding carboxylic acids is 2. The molecule has 0 aromatic heterocycles. The van der Waals surface area contributed by atoms with E-state index < -0.39 is 14.4 Å². The SMILES string of the molecule is CC(C)(C)[Si](C)(C)O/C=C\CC/C=C/C(=O)N1CCOC1=O. The van der Waals surface area contributed by atoms with Crippen molar-refractivity contribution in [1.82, 2.24) is 4.90 Å². The summed E-state index contributed by atoms with van der Waals surface area (Å²) >= 11 is 0. The van der Waals surface area contributed by atoms with Gasteiger partial charge in [0.25, 0.3) is 5.91 Å². The standard InChI is InChI=1S/C16H27NO4Si/c1-16(2,3)22(4,5)21-12-9-7-6-8-10-14(18)17-11-13-20-15(17)19/h8-10,12H,6-7,11,13H2,1-5H3/b10-8+,12-9-. The summed E-state index contributed by atoms with van der Waals surface area (Å²) in [7, 11) is -1.73. The van der Waals surface area contributed by atoms with E-state index in [1.807, 2.05) is 6.08 Å². The minimum Gasteiger partial charge on any atom is -0.549 e. The molecule has 5 nitrogen and oxygen atoms in total. The molecule has 0 aliphatic carbocycles. The molecule has 1 heterocycles. The molecule has 2 amide bonds. The van der Waals surface area contributed by atoms with E-state index in [2.05, 4.69) is 33.9 Å². The fraction of sp³-hybridized carbons (Fsp3) is 0.625. The van der Waals surface area contributed by atoms with Crippen molar-refractivity contribution in [2.24, 2.45) is 0 Å². The molecule has 124 valence electrons. The Morgan fingerprint density at radius 1 is 1.32 bits per heavy atom. The monoisotopic (exact) mass is 325 g/mol. The van der Waals surface area contributed by atoms with Crippen LogP contribution in [0.4, 0.5) is 4.79 Å². The summed E-state index contributed by atoms with van der Waals surface area (Å²) < 4.78 is 10.6. The van der Waals surface area contributed by atoms with Crippen LogP contribution in [0, 0.1) is 0 Å². The Morgan fingerprint density at radius 2 is 1.95 bits per heavy atom. The van der Waals surface area contributed by atoms with Crippen molar-refractivity contribution < 1.29 is 18.8 Å². The van der Waals surface area contributed by atoms with Gasteiger partial charge in [-0.25, -0.2) is 9.69 Å². The minimum atomic E-state index is -1.73. The van der Waals surface area contributed by atoms with Crippen molar-refractivity contribution in [2.45, 2.75) is 51.7 Å². The first-order valence-electron chi connectivity index (χ1n) is 7.63. The number of cyclic esters (lactones) is 1. The van der Waals surface area contributed by atoms with Crippen molar-refractivity contribution in [3.8, 4) is 0 Å². The number of ether oxygens (including phenoxy) is 1. The van der Waals surface area contributed by atoms with Crippen LogP contribution >= 0.6 is 0 Å². The Bertz CT molecular complexity index is 463. The van der Waals surface area contributed by atoms with Gasteiger partial charge in [0.15, 0.2) is 0 Å². The highest BCUT2D eigenvalue weighted by molar-refractivity contribution is 6.74. The second-order valence-corrected chi connectivity index (χ2v) is 11.6. The molecule has 1 aliphatic rings. The average molecular weight is 325 g/mol. The number of unbranched alkanes of at least 4 members (excludes halogenated alkanes) is 1. The largest absolute Gasteiger partial charge is 0.549 e. The van der Waals surface area contributed by atoms with Crippen molar-refractivity contribution in [3.05, 3.63) is 24.5 Å². The molecule has 1 fully saturated rings. The first-order valence-corrected chi connectivity index (χ1v) is 10.5. The Balaban J connectivity index is 2.27. The van der Waals surface area contributed by atoms with Crippen LogP contribution in [-0.2, 0) is 14.0 Å². The van der Waals surface area contributed by atoms with E-state index >= 15 is 0 Å². The molecular formula is C16H27NO4Si. The summed E-state index contributed by atoms with van der Waals surface area (Å²) in [6.45, 7) is 11.6. The van der Waals surface area contributed by atoms with Crippen LogP contribution in [-0.4, -0.2) is 38.4 Å². The zero-order chi connectivity index (χ0) is 16.8. The second kappa shape index (κ2) is 7.62. The Hall–Kier alpha value is -1.56. The summed E-state index contributed by atoms with van der Waals surface area (Å²) in [4.78, 5) is 24.0. The van der Waals surface area contributed by atoms with Crippen LogP contribution in [0.1, 0.15) is 33.6 Å². The number of carbonyl (C=O) groups is 2. The van der Waals surface area contributed by atoms with Crippen molar-refractivity contribution >= 4 is 20.3 Å². The molecule has 0 aromatic carbocycles. The number of allylic oxidation sites excluding steroid dienone is 2. The quantitative estimate of drug-likeness (QED) is 0.322. The number of imide groups is 1. The summed E-state index contributed by atoms with van der Waals surface area (Å²) in [6.07, 6.45) is 7.91. The van der Waals surface area contributed by atoms with E-state index in [9.17, 15) is 9.59 Å². The van der Waals surface area contributed by atoms with Crippen LogP contribution in [0.5, 0.6) is 0 Å². The van der Waals surface area contributed by atoms with Gasteiger partial charge in [-0.05, 0) is 37.0 Å². The molecule has 0 saturated carbocycles. The summed E-state index contributed by atoms with van der Waals surface area (Å²) in [5, 5.41) is 0.188. The van der Waals surface area contributed by atoms with Crippen molar-refractivity contribution in [3.63, 3.8) is 0 Å². The van der Waals surface area contributed by atoms with Gasteiger partial charge < -0.3 is 9.16 Å². The maximum atomic E-state index is 11.7. The third-order valence-corrected chi connectivity index (χ3v) is 8.39. The molecule has 0 radical (unpaired) electrons. The van der Waals surface area contributed by atoms with Gasteiger partial charge in [0.05, 0.1) is 12.8 Å². The lowest BCUT2D eigenvalue weighted by molar-refractivity contribution is -0.122. The smallest absolute Gasteiger partial charge is 0.416 e. The number of hydrogen-bond donors (Lipinski definition) is 0. The summed E-state index contributed by atoms with van der Waals surface area (Å²) in [5.74, 6) is -0.316. The highest BCUT2D eigenvalue weighted by Crippen LogP contribution is 2.36. The van der Waals surface area contributed by atoms with Gasteiger partial charge in [0, 0.05) is 0 Å². The van der Waals surface area contributed by atoms with E-state index in [0.717, 1.165) is 17.7 Å². The molecule has 6 heteroatoms. The zero-order valence-corrected chi connectivity index (χ0v) is 15.2. The van der Waals surface area contributed by atoms with Gasteiger partial charge in [-0.2, -0.15) is 0 Å². The Labute approximate surface area is 134 Å². The van der Waals surface area contributed by atoms with Crippen molar-refractivity contribution in [2.75, 3.05) is 13.2 Å². The first-order chi connectivity index (χ1) is 10.1. The van der Waals surface area contributed by atoms with E-state index in [1.54, 1.807) is 12.3 Å². The van der Waals surface area contributed by atoms with E-state index in [1.165, 1.54) is 6.08 Å². The Morgan fingerprint density at radius 3 is 2.50 bits per heavy atom. The highest BCUT2D eigenvalue weighted by Gasteiger charge is 2.37. The minimum absolute atomic E-state index is 0.188.